The largest absolute Gasteiger partial charge is 0.314 e. The molecule has 0 aromatic carbocycles. The van der Waals surface area contributed by atoms with Gasteiger partial charge in [-0.2, -0.15) is 0 Å². The van der Waals surface area contributed by atoms with E-state index in [4.69, 9.17) is 0 Å². The molecule has 1 heterocycles. The number of aromatic nitrogens is 2. The van der Waals surface area contributed by atoms with Crippen LogP contribution in [0, 0.1) is 0 Å². The summed E-state index contributed by atoms with van der Waals surface area (Å²) in [5.74, 6) is 0.726. The van der Waals surface area contributed by atoms with E-state index in [2.05, 4.69) is 21.4 Å². The maximum Gasteiger partial charge on any atom is 0.115 e. The summed E-state index contributed by atoms with van der Waals surface area (Å²) in [5, 5.41) is 3.08. The first-order valence-corrected chi connectivity index (χ1v) is 4.35. The van der Waals surface area contributed by atoms with Crippen LogP contribution in [-0.2, 0) is 6.54 Å². The molecule has 0 radical (unpaired) electrons. The van der Waals surface area contributed by atoms with Crippen LogP contribution >= 0.6 is 0 Å². The molecule has 0 spiro atoms. The molecule has 0 bridgehead atoms. The van der Waals surface area contributed by atoms with Crippen LogP contribution in [0.15, 0.2) is 12.4 Å². The molecule has 1 N–H and O–H groups in total. The minimum atomic E-state index is 0.726. The van der Waals surface area contributed by atoms with Crippen molar-refractivity contribution in [3.05, 3.63) is 23.8 Å². The van der Waals surface area contributed by atoms with E-state index in [0.29, 0.717) is 0 Å². The smallest absolute Gasteiger partial charge is 0.115 e. The summed E-state index contributed by atoms with van der Waals surface area (Å²) < 4.78 is 0. The van der Waals surface area contributed by atoms with E-state index < -0.39 is 0 Å². The summed E-state index contributed by atoms with van der Waals surface area (Å²) in [6.45, 7) is 0.836. The van der Waals surface area contributed by atoms with Crippen molar-refractivity contribution in [3.8, 4) is 0 Å². The Labute approximate surface area is 72.2 Å². The third-order valence-corrected chi connectivity index (χ3v) is 2.10. The van der Waals surface area contributed by atoms with Gasteiger partial charge < -0.3 is 5.32 Å². The molecule has 1 aromatic heterocycles. The van der Waals surface area contributed by atoms with Gasteiger partial charge in [0.2, 0.25) is 0 Å². The van der Waals surface area contributed by atoms with Gasteiger partial charge in [0.1, 0.15) is 6.33 Å². The summed E-state index contributed by atoms with van der Waals surface area (Å²) in [5.41, 5.74) is 2.31. The van der Waals surface area contributed by atoms with Gasteiger partial charge in [0.15, 0.2) is 0 Å². The average molecular weight is 163 g/mol. The zero-order chi connectivity index (χ0) is 8.39. The lowest BCUT2D eigenvalue weighted by Crippen LogP contribution is -2.07. The molecule has 1 saturated carbocycles. The van der Waals surface area contributed by atoms with Crippen LogP contribution in [0.3, 0.4) is 0 Å². The summed E-state index contributed by atoms with van der Waals surface area (Å²) in [7, 11) is 1.93. The van der Waals surface area contributed by atoms with Crippen LogP contribution in [-0.4, -0.2) is 17.0 Å². The minimum Gasteiger partial charge on any atom is -0.314 e. The van der Waals surface area contributed by atoms with Crippen molar-refractivity contribution in [2.45, 2.75) is 25.3 Å². The number of hydrogen-bond acceptors (Lipinski definition) is 3. The van der Waals surface area contributed by atoms with Crippen molar-refractivity contribution >= 4 is 0 Å². The predicted octanol–water partition coefficient (Wildman–Crippen LogP) is 1.07. The van der Waals surface area contributed by atoms with Gasteiger partial charge in [-0.15, -0.1) is 0 Å². The van der Waals surface area contributed by atoms with E-state index in [-0.39, 0.29) is 0 Å². The number of hydrogen-bond donors (Lipinski definition) is 1. The highest BCUT2D eigenvalue weighted by Crippen LogP contribution is 2.38. The second-order valence-corrected chi connectivity index (χ2v) is 3.24. The maximum absolute atomic E-state index is 4.24. The Kier molecular flexibility index (Phi) is 2.04. The molecule has 3 heteroatoms. The first-order chi connectivity index (χ1) is 5.90. The second kappa shape index (κ2) is 3.19. The van der Waals surface area contributed by atoms with Crippen LogP contribution in [0.25, 0.3) is 0 Å². The molecule has 0 atom stereocenters. The molecule has 0 aliphatic heterocycles. The predicted molar refractivity (Wildman–Crippen MR) is 46.8 cm³/mol. The second-order valence-electron chi connectivity index (χ2n) is 3.24. The molecule has 1 aliphatic carbocycles. The van der Waals surface area contributed by atoms with Gasteiger partial charge >= 0.3 is 0 Å². The van der Waals surface area contributed by atoms with Crippen molar-refractivity contribution in [1.29, 1.82) is 0 Å². The van der Waals surface area contributed by atoms with E-state index >= 15 is 0 Å². The standard InChI is InChI=1S/C9H13N3/c1-10-5-8-4-9(7-2-3-7)12-6-11-8/h4,6-7,10H,2-3,5H2,1H3. The molecule has 1 fully saturated rings. The van der Waals surface area contributed by atoms with Gasteiger partial charge in [-0.1, -0.05) is 0 Å². The molecular weight excluding hydrogens is 150 g/mol. The highest BCUT2D eigenvalue weighted by atomic mass is 14.9. The Hall–Kier alpha value is -0.960. The van der Waals surface area contributed by atoms with Crippen LogP contribution in [0.1, 0.15) is 30.1 Å². The Morgan fingerprint density at radius 2 is 2.33 bits per heavy atom. The van der Waals surface area contributed by atoms with Crippen LogP contribution < -0.4 is 5.32 Å². The van der Waals surface area contributed by atoms with Gasteiger partial charge in [-0.3, -0.25) is 0 Å². The molecule has 3 nitrogen and oxygen atoms in total. The zero-order valence-corrected chi connectivity index (χ0v) is 7.25. The summed E-state index contributed by atoms with van der Waals surface area (Å²) in [4.78, 5) is 8.41. The van der Waals surface area contributed by atoms with Gasteiger partial charge in [-0.25, -0.2) is 9.97 Å². The monoisotopic (exact) mass is 163 g/mol. The van der Waals surface area contributed by atoms with Crippen LogP contribution in [0.4, 0.5) is 0 Å². The van der Waals surface area contributed by atoms with Crippen molar-refractivity contribution in [2.75, 3.05) is 7.05 Å². The molecule has 2 rings (SSSR count). The zero-order valence-electron chi connectivity index (χ0n) is 7.25. The molecular formula is C9H13N3. The Morgan fingerprint density at radius 3 is 3.00 bits per heavy atom. The summed E-state index contributed by atoms with van der Waals surface area (Å²) >= 11 is 0. The third kappa shape index (κ3) is 1.61. The topological polar surface area (TPSA) is 37.8 Å². The highest BCUT2D eigenvalue weighted by Gasteiger charge is 2.24. The van der Waals surface area contributed by atoms with Crippen LogP contribution in [0.5, 0.6) is 0 Å². The van der Waals surface area contributed by atoms with Crippen molar-refractivity contribution < 1.29 is 0 Å². The molecule has 0 amide bonds. The van der Waals surface area contributed by atoms with E-state index in [9.17, 15) is 0 Å². The number of nitrogens with one attached hydrogen (secondary N) is 1. The quantitative estimate of drug-likeness (QED) is 0.724. The molecule has 1 aliphatic rings. The van der Waals surface area contributed by atoms with E-state index in [1.807, 2.05) is 7.05 Å². The minimum absolute atomic E-state index is 0.726. The number of rotatable bonds is 3. The highest BCUT2D eigenvalue weighted by molar-refractivity contribution is 5.16. The van der Waals surface area contributed by atoms with Gasteiger partial charge in [0, 0.05) is 18.2 Å². The molecule has 12 heavy (non-hydrogen) atoms. The van der Waals surface area contributed by atoms with Crippen molar-refractivity contribution in [1.82, 2.24) is 15.3 Å². The molecule has 0 unspecified atom stereocenters. The van der Waals surface area contributed by atoms with Gasteiger partial charge in [0.05, 0.1) is 5.69 Å². The Balaban J connectivity index is 2.15. The van der Waals surface area contributed by atoms with Gasteiger partial charge in [-0.05, 0) is 26.0 Å². The lowest BCUT2D eigenvalue weighted by Gasteiger charge is -2.00. The molecule has 1 aromatic rings. The first-order valence-electron chi connectivity index (χ1n) is 4.35. The Bertz CT molecular complexity index is 268. The fourth-order valence-electron chi connectivity index (χ4n) is 1.30. The number of nitrogens with zero attached hydrogens (tertiary/aromatic N) is 2. The lowest BCUT2D eigenvalue weighted by atomic mass is 10.2. The summed E-state index contributed by atoms with van der Waals surface area (Å²) in [6, 6.07) is 2.11. The Morgan fingerprint density at radius 1 is 1.50 bits per heavy atom. The van der Waals surface area contributed by atoms with E-state index in [0.717, 1.165) is 18.2 Å². The molecule has 64 valence electrons. The normalized spacial score (nSPS) is 16.4. The van der Waals surface area contributed by atoms with E-state index in [1.54, 1.807) is 6.33 Å². The SMILES string of the molecule is CNCc1cc(C2CC2)ncn1. The fraction of sp³-hybridized carbons (Fsp3) is 0.556. The lowest BCUT2D eigenvalue weighted by molar-refractivity contribution is 0.778. The van der Waals surface area contributed by atoms with Gasteiger partial charge in [0.25, 0.3) is 0 Å². The summed E-state index contributed by atoms with van der Waals surface area (Å²) in [6.07, 6.45) is 4.27. The average Bonchev–Trinajstić information content (AvgIpc) is 2.88. The van der Waals surface area contributed by atoms with Crippen LogP contribution in [0.2, 0.25) is 0 Å². The maximum atomic E-state index is 4.24. The van der Waals surface area contributed by atoms with Crippen molar-refractivity contribution in [3.63, 3.8) is 0 Å². The van der Waals surface area contributed by atoms with E-state index in [1.165, 1.54) is 18.5 Å². The fourth-order valence-corrected chi connectivity index (χ4v) is 1.30. The third-order valence-electron chi connectivity index (χ3n) is 2.10. The van der Waals surface area contributed by atoms with Crippen molar-refractivity contribution in [2.24, 2.45) is 0 Å². The molecule has 0 saturated heterocycles. The first kappa shape index (κ1) is 7.68.